The summed E-state index contributed by atoms with van der Waals surface area (Å²) in [5.74, 6) is 0. The molecule has 2 aromatic rings. The van der Waals surface area contributed by atoms with Crippen molar-refractivity contribution < 1.29 is 8.42 Å². The van der Waals surface area contributed by atoms with E-state index in [1.54, 1.807) is 20.2 Å². The van der Waals surface area contributed by atoms with E-state index < -0.39 is 10.0 Å². The van der Waals surface area contributed by atoms with Crippen LogP contribution in [0.5, 0.6) is 0 Å². The van der Waals surface area contributed by atoms with Crippen LogP contribution in [0.2, 0.25) is 0 Å². The molecule has 2 unspecified atom stereocenters. The molecule has 1 aliphatic rings. The lowest BCUT2D eigenvalue weighted by molar-refractivity contribution is 0.180. The van der Waals surface area contributed by atoms with Gasteiger partial charge < -0.3 is 0 Å². The van der Waals surface area contributed by atoms with E-state index in [4.69, 9.17) is 0 Å². The average Bonchev–Trinajstić information content (AvgIpc) is 3.22. The zero-order valence-corrected chi connectivity index (χ0v) is 18.8. The lowest BCUT2D eigenvalue weighted by Crippen LogP contribution is -2.37. The minimum Gasteiger partial charge on any atom is -0.295 e. The van der Waals surface area contributed by atoms with Crippen molar-refractivity contribution in [2.75, 3.05) is 33.7 Å². The molecule has 2 aromatic carbocycles. The van der Waals surface area contributed by atoms with Crippen LogP contribution in [0.4, 0.5) is 0 Å². The van der Waals surface area contributed by atoms with Gasteiger partial charge in [0.15, 0.2) is 0 Å². The summed E-state index contributed by atoms with van der Waals surface area (Å²) in [7, 11) is -0.263. The number of nitrogens with zero attached hydrogens (tertiary/aromatic N) is 3. The van der Waals surface area contributed by atoms with Crippen molar-refractivity contribution in [3.8, 4) is 0 Å². The SMILES string of the molecule is CCN(Cc1cccc(S(=O)(=O)N(C)C)c1)C1CCN(C(C)c2ccccc2)C1. The van der Waals surface area contributed by atoms with E-state index in [0.717, 1.165) is 38.2 Å². The van der Waals surface area contributed by atoms with Gasteiger partial charge in [-0.05, 0) is 43.1 Å². The monoisotopic (exact) mass is 415 g/mol. The molecule has 158 valence electrons. The quantitative estimate of drug-likeness (QED) is 0.661. The van der Waals surface area contributed by atoms with E-state index >= 15 is 0 Å². The molecule has 2 atom stereocenters. The van der Waals surface area contributed by atoms with Crippen molar-refractivity contribution in [3.05, 3.63) is 65.7 Å². The first-order valence-electron chi connectivity index (χ1n) is 10.4. The van der Waals surface area contributed by atoms with Gasteiger partial charge in [0.1, 0.15) is 0 Å². The third-order valence-corrected chi connectivity index (χ3v) is 7.82. The van der Waals surface area contributed by atoms with Gasteiger partial charge in [-0.1, -0.05) is 49.4 Å². The van der Waals surface area contributed by atoms with Gasteiger partial charge in [0.05, 0.1) is 4.90 Å². The molecule has 0 spiro atoms. The summed E-state index contributed by atoms with van der Waals surface area (Å²) in [5.41, 5.74) is 2.40. The third kappa shape index (κ3) is 5.07. The second kappa shape index (κ2) is 9.39. The summed E-state index contributed by atoms with van der Waals surface area (Å²) < 4.78 is 26.2. The number of benzene rings is 2. The predicted molar refractivity (Wildman–Crippen MR) is 118 cm³/mol. The second-order valence-electron chi connectivity index (χ2n) is 8.02. The van der Waals surface area contributed by atoms with Crippen LogP contribution in [0.25, 0.3) is 0 Å². The molecule has 1 fully saturated rings. The van der Waals surface area contributed by atoms with E-state index in [2.05, 4.69) is 54.0 Å². The highest BCUT2D eigenvalue weighted by Crippen LogP contribution is 2.27. The number of hydrogen-bond donors (Lipinski definition) is 0. The fraction of sp³-hybridized carbons (Fsp3) is 0.478. The van der Waals surface area contributed by atoms with Crippen molar-refractivity contribution >= 4 is 10.0 Å². The molecule has 5 nitrogen and oxygen atoms in total. The van der Waals surface area contributed by atoms with E-state index in [-0.39, 0.29) is 0 Å². The Balaban J connectivity index is 1.68. The van der Waals surface area contributed by atoms with Crippen molar-refractivity contribution in [2.24, 2.45) is 0 Å². The van der Waals surface area contributed by atoms with Gasteiger partial charge >= 0.3 is 0 Å². The van der Waals surface area contributed by atoms with Gasteiger partial charge in [-0.2, -0.15) is 0 Å². The molecule has 0 aliphatic carbocycles. The molecule has 1 aliphatic heterocycles. The summed E-state index contributed by atoms with van der Waals surface area (Å²) in [6.45, 7) is 8.31. The Labute approximate surface area is 176 Å². The molecule has 0 amide bonds. The van der Waals surface area contributed by atoms with E-state index in [0.29, 0.717) is 17.0 Å². The Morgan fingerprint density at radius 2 is 1.83 bits per heavy atom. The zero-order chi connectivity index (χ0) is 21.0. The Bertz CT molecular complexity index is 899. The Hall–Kier alpha value is -1.73. The van der Waals surface area contributed by atoms with Crippen LogP contribution in [0.3, 0.4) is 0 Å². The van der Waals surface area contributed by atoms with Gasteiger partial charge in [0, 0.05) is 45.8 Å². The van der Waals surface area contributed by atoms with Gasteiger partial charge in [0.2, 0.25) is 10.0 Å². The number of likely N-dealkylation sites (N-methyl/N-ethyl adjacent to an activating group) is 1. The first-order valence-corrected chi connectivity index (χ1v) is 11.8. The maximum absolute atomic E-state index is 12.5. The van der Waals surface area contributed by atoms with Gasteiger partial charge in [-0.25, -0.2) is 12.7 Å². The molecule has 1 saturated heterocycles. The minimum atomic E-state index is -3.41. The summed E-state index contributed by atoms with van der Waals surface area (Å²) >= 11 is 0. The van der Waals surface area contributed by atoms with Gasteiger partial charge in [-0.15, -0.1) is 0 Å². The lowest BCUT2D eigenvalue weighted by atomic mass is 10.1. The second-order valence-corrected chi connectivity index (χ2v) is 10.2. The first-order chi connectivity index (χ1) is 13.8. The third-order valence-electron chi connectivity index (χ3n) is 6.01. The Morgan fingerprint density at radius 3 is 2.48 bits per heavy atom. The van der Waals surface area contributed by atoms with Crippen molar-refractivity contribution in [1.82, 2.24) is 14.1 Å². The summed E-state index contributed by atoms with van der Waals surface area (Å²) in [4.78, 5) is 5.39. The maximum atomic E-state index is 12.5. The topological polar surface area (TPSA) is 43.9 Å². The Morgan fingerprint density at radius 1 is 1.10 bits per heavy atom. The molecule has 1 heterocycles. The van der Waals surface area contributed by atoms with Crippen LogP contribution in [0, 0.1) is 0 Å². The molecule has 0 aromatic heterocycles. The van der Waals surface area contributed by atoms with Crippen LogP contribution in [0.15, 0.2) is 59.5 Å². The molecule has 6 heteroatoms. The number of sulfonamides is 1. The standard InChI is InChI=1S/C23H33N3O2S/c1-5-25(17-20-10-9-13-23(16-20)29(27,28)24(3)4)22-14-15-26(18-22)19(2)21-11-7-6-8-12-21/h6-13,16,19,22H,5,14-15,17-18H2,1-4H3. The lowest BCUT2D eigenvalue weighted by Gasteiger charge is -2.30. The van der Waals surface area contributed by atoms with Crippen LogP contribution in [-0.2, 0) is 16.6 Å². The minimum absolute atomic E-state index is 0.363. The molecule has 0 bridgehead atoms. The number of likely N-dealkylation sites (tertiary alicyclic amines) is 1. The molecular formula is C23H33N3O2S. The fourth-order valence-electron chi connectivity index (χ4n) is 4.11. The average molecular weight is 416 g/mol. The van der Waals surface area contributed by atoms with E-state index in [9.17, 15) is 8.42 Å². The summed E-state index contributed by atoms with van der Waals surface area (Å²) in [6, 6.07) is 18.9. The molecule has 0 saturated carbocycles. The Kier molecular flexibility index (Phi) is 7.11. The highest BCUT2D eigenvalue weighted by atomic mass is 32.2. The largest absolute Gasteiger partial charge is 0.295 e. The molecule has 3 rings (SSSR count). The molecule has 0 N–H and O–H groups in total. The zero-order valence-electron chi connectivity index (χ0n) is 18.0. The van der Waals surface area contributed by atoms with Crippen LogP contribution in [-0.4, -0.2) is 62.3 Å². The highest BCUT2D eigenvalue weighted by Gasteiger charge is 2.30. The van der Waals surface area contributed by atoms with E-state index in [1.807, 2.05) is 18.2 Å². The van der Waals surface area contributed by atoms with Gasteiger partial charge in [0.25, 0.3) is 0 Å². The van der Waals surface area contributed by atoms with Crippen LogP contribution < -0.4 is 0 Å². The molecule has 0 radical (unpaired) electrons. The highest BCUT2D eigenvalue weighted by molar-refractivity contribution is 7.89. The number of rotatable bonds is 8. The fourth-order valence-corrected chi connectivity index (χ4v) is 5.08. The normalized spacial score (nSPS) is 19.2. The van der Waals surface area contributed by atoms with Gasteiger partial charge in [-0.3, -0.25) is 9.80 Å². The smallest absolute Gasteiger partial charge is 0.242 e. The number of hydrogen-bond acceptors (Lipinski definition) is 4. The van der Waals surface area contributed by atoms with E-state index in [1.165, 1.54) is 9.87 Å². The van der Waals surface area contributed by atoms with Crippen molar-refractivity contribution in [1.29, 1.82) is 0 Å². The van der Waals surface area contributed by atoms with Crippen LogP contribution >= 0.6 is 0 Å². The molecule has 29 heavy (non-hydrogen) atoms. The van der Waals surface area contributed by atoms with Crippen molar-refractivity contribution in [2.45, 2.75) is 43.8 Å². The molecular weight excluding hydrogens is 382 g/mol. The summed E-state index contributed by atoms with van der Waals surface area (Å²) in [6.07, 6.45) is 1.14. The predicted octanol–water partition coefficient (Wildman–Crippen LogP) is 3.59. The summed E-state index contributed by atoms with van der Waals surface area (Å²) in [5, 5.41) is 0. The maximum Gasteiger partial charge on any atom is 0.242 e. The van der Waals surface area contributed by atoms with Crippen molar-refractivity contribution in [3.63, 3.8) is 0 Å². The van der Waals surface area contributed by atoms with Crippen LogP contribution in [0.1, 0.15) is 37.4 Å². The first kappa shape index (κ1) is 22.0.